The molecular weight excluding hydrogens is 138 g/mol. The minimum absolute atomic E-state index is 0.165. The van der Waals surface area contributed by atoms with Crippen LogP contribution < -0.4 is 11.5 Å². The van der Waals surface area contributed by atoms with E-state index in [1.807, 2.05) is 6.08 Å². The molecule has 0 unspecified atom stereocenters. The molecule has 0 aromatic rings. The molecule has 0 amide bonds. The van der Waals surface area contributed by atoms with Crippen LogP contribution in [0.4, 0.5) is 0 Å². The fraction of sp³-hybridized carbons (Fsp3) is 0.625. The molecular formula is C8H15N3. The summed E-state index contributed by atoms with van der Waals surface area (Å²) in [6.07, 6.45) is 6.13. The van der Waals surface area contributed by atoms with Gasteiger partial charge in [0, 0.05) is 5.92 Å². The highest BCUT2D eigenvalue weighted by molar-refractivity contribution is 5.81. The summed E-state index contributed by atoms with van der Waals surface area (Å²) >= 11 is 0. The van der Waals surface area contributed by atoms with Gasteiger partial charge < -0.3 is 11.5 Å². The smallest absolute Gasteiger partial charge is 0.0975 e. The Balaban J connectivity index is 2.49. The first-order chi connectivity index (χ1) is 5.24. The summed E-state index contributed by atoms with van der Waals surface area (Å²) in [5, 5.41) is 7.21. The van der Waals surface area contributed by atoms with E-state index >= 15 is 0 Å². The van der Waals surface area contributed by atoms with Crippen molar-refractivity contribution in [3.63, 3.8) is 0 Å². The largest absolute Gasteiger partial charge is 0.387 e. The van der Waals surface area contributed by atoms with E-state index in [1.54, 1.807) is 0 Å². The van der Waals surface area contributed by atoms with E-state index in [4.69, 9.17) is 16.9 Å². The highest BCUT2D eigenvalue weighted by atomic mass is 14.7. The molecule has 5 N–H and O–H groups in total. The van der Waals surface area contributed by atoms with Gasteiger partial charge in [-0.1, -0.05) is 12.2 Å². The van der Waals surface area contributed by atoms with Crippen LogP contribution >= 0.6 is 0 Å². The molecule has 0 heterocycles. The van der Waals surface area contributed by atoms with Gasteiger partial charge in [0.2, 0.25) is 0 Å². The van der Waals surface area contributed by atoms with E-state index in [0.717, 1.165) is 12.8 Å². The van der Waals surface area contributed by atoms with E-state index in [0.29, 0.717) is 12.5 Å². The van der Waals surface area contributed by atoms with Gasteiger partial charge in [-0.3, -0.25) is 5.41 Å². The number of nitrogens with two attached hydrogens (primary N) is 2. The molecule has 0 radical (unpaired) electrons. The van der Waals surface area contributed by atoms with Crippen molar-refractivity contribution in [3.05, 3.63) is 12.2 Å². The number of hydrogen-bond donors (Lipinski definition) is 3. The summed E-state index contributed by atoms with van der Waals surface area (Å²) in [6.45, 7) is 0.709. The third kappa shape index (κ3) is 2.05. The Morgan fingerprint density at radius 3 is 2.55 bits per heavy atom. The Kier molecular flexibility index (Phi) is 2.65. The Morgan fingerprint density at radius 2 is 2.18 bits per heavy atom. The van der Waals surface area contributed by atoms with Crippen LogP contribution in [0.15, 0.2) is 12.2 Å². The average Bonchev–Trinajstić information content (AvgIpc) is 2.05. The quantitative estimate of drug-likeness (QED) is 0.306. The normalized spacial score (nSPS) is 30.3. The van der Waals surface area contributed by atoms with Crippen molar-refractivity contribution < 1.29 is 0 Å². The topological polar surface area (TPSA) is 75.9 Å². The second-order valence-corrected chi connectivity index (χ2v) is 3.02. The lowest BCUT2D eigenvalue weighted by molar-refractivity contribution is 0.515. The number of nitrogens with one attached hydrogen (secondary N) is 1. The Hall–Kier alpha value is -0.830. The molecule has 11 heavy (non-hydrogen) atoms. The number of hydrogen-bond acceptors (Lipinski definition) is 2. The van der Waals surface area contributed by atoms with Crippen LogP contribution in [-0.4, -0.2) is 12.4 Å². The molecule has 0 saturated carbocycles. The van der Waals surface area contributed by atoms with Crippen molar-refractivity contribution in [2.45, 2.75) is 12.8 Å². The molecule has 1 aliphatic carbocycles. The zero-order valence-corrected chi connectivity index (χ0v) is 6.59. The van der Waals surface area contributed by atoms with Gasteiger partial charge >= 0.3 is 0 Å². The van der Waals surface area contributed by atoms with Gasteiger partial charge in [0.25, 0.3) is 0 Å². The van der Waals surface area contributed by atoms with E-state index < -0.39 is 0 Å². The van der Waals surface area contributed by atoms with Crippen LogP contribution in [0, 0.1) is 17.2 Å². The molecule has 3 heteroatoms. The monoisotopic (exact) mass is 153 g/mol. The van der Waals surface area contributed by atoms with E-state index in [1.165, 1.54) is 0 Å². The predicted molar refractivity (Wildman–Crippen MR) is 46.3 cm³/mol. The van der Waals surface area contributed by atoms with Crippen molar-refractivity contribution in [1.29, 1.82) is 5.41 Å². The van der Waals surface area contributed by atoms with Crippen molar-refractivity contribution in [2.75, 3.05) is 6.54 Å². The van der Waals surface area contributed by atoms with Crippen molar-refractivity contribution in [3.8, 4) is 0 Å². The molecule has 0 aliphatic heterocycles. The highest BCUT2D eigenvalue weighted by Gasteiger charge is 2.15. The third-order valence-electron chi connectivity index (χ3n) is 2.17. The summed E-state index contributed by atoms with van der Waals surface area (Å²) in [5.74, 6) is 0.945. The van der Waals surface area contributed by atoms with Gasteiger partial charge in [0.15, 0.2) is 0 Å². The minimum Gasteiger partial charge on any atom is -0.387 e. The molecule has 0 saturated heterocycles. The molecule has 0 spiro atoms. The Bertz CT molecular complexity index is 174. The maximum atomic E-state index is 7.21. The fourth-order valence-corrected chi connectivity index (χ4v) is 1.33. The molecule has 1 aliphatic rings. The van der Waals surface area contributed by atoms with E-state index in [-0.39, 0.29) is 11.8 Å². The zero-order chi connectivity index (χ0) is 8.27. The van der Waals surface area contributed by atoms with E-state index in [2.05, 4.69) is 6.08 Å². The number of amidine groups is 1. The molecule has 0 fully saturated rings. The molecule has 0 bridgehead atoms. The predicted octanol–water partition coefficient (Wildman–Crippen LogP) is 0.463. The van der Waals surface area contributed by atoms with Crippen molar-refractivity contribution >= 4 is 5.84 Å². The lowest BCUT2D eigenvalue weighted by Crippen LogP contribution is -2.25. The first kappa shape index (κ1) is 8.27. The van der Waals surface area contributed by atoms with Gasteiger partial charge in [0.1, 0.15) is 0 Å². The maximum absolute atomic E-state index is 7.21. The number of rotatable bonds is 2. The summed E-state index contributed by atoms with van der Waals surface area (Å²) in [7, 11) is 0. The standard InChI is InChI=1S/C8H15N3/c9-5-6-1-3-7(4-2-6)8(10)11/h1,3,6-7H,2,4-5,9H2,(H3,10,11)/t6-,7+/m0/s1. The average molecular weight is 153 g/mol. The summed E-state index contributed by atoms with van der Waals surface area (Å²) in [4.78, 5) is 0. The summed E-state index contributed by atoms with van der Waals surface area (Å²) < 4.78 is 0. The van der Waals surface area contributed by atoms with Gasteiger partial charge in [-0.15, -0.1) is 0 Å². The molecule has 2 atom stereocenters. The molecule has 0 aromatic carbocycles. The van der Waals surface area contributed by atoms with Gasteiger partial charge in [-0.05, 0) is 25.3 Å². The second kappa shape index (κ2) is 3.53. The lowest BCUT2D eigenvalue weighted by atomic mass is 9.88. The molecule has 0 aromatic heterocycles. The SMILES string of the molecule is N=C(N)[C@@H]1C=C[C@H](CN)CC1. The minimum atomic E-state index is 0.165. The third-order valence-corrected chi connectivity index (χ3v) is 2.17. The van der Waals surface area contributed by atoms with Crippen LogP contribution in [0.5, 0.6) is 0 Å². The second-order valence-electron chi connectivity index (χ2n) is 3.02. The molecule has 62 valence electrons. The lowest BCUT2D eigenvalue weighted by Gasteiger charge is -2.20. The maximum Gasteiger partial charge on any atom is 0.0975 e. The fourth-order valence-electron chi connectivity index (χ4n) is 1.33. The summed E-state index contributed by atoms with van der Waals surface area (Å²) in [6, 6.07) is 0. The first-order valence-corrected chi connectivity index (χ1v) is 3.96. The zero-order valence-electron chi connectivity index (χ0n) is 6.59. The summed E-state index contributed by atoms with van der Waals surface area (Å²) in [5.41, 5.74) is 10.8. The van der Waals surface area contributed by atoms with Crippen molar-refractivity contribution in [2.24, 2.45) is 23.3 Å². The van der Waals surface area contributed by atoms with Gasteiger partial charge in [0.05, 0.1) is 5.84 Å². The van der Waals surface area contributed by atoms with Crippen LogP contribution in [0.1, 0.15) is 12.8 Å². The van der Waals surface area contributed by atoms with Gasteiger partial charge in [-0.2, -0.15) is 0 Å². The van der Waals surface area contributed by atoms with Crippen LogP contribution in [0.3, 0.4) is 0 Å². The molecule has 1 rings (SSSR count). The molecule has 3 nitrogen and oxygen atoms in total. The van der Waals surface area contributed by atoms with E-state index in [9.17, 15) is 0 Å². The first-order valence-electron chi connectivity index (χ1n) is 3.96. The van der Waals surface area contributed by atoms with Crippen LogP contribution in [0.2, 0.25) is 0 Å². The Morgan fingerprint density at radius 1 is 1.45 bits per heavy atom. The van der Waals surface area contributed by atoms with Crippen LogP contribution in [-0.2, 0) is 0 Å². The van der Waals surface area contributed by atoms with Crippen LogP contribution in [0.25, 0.3) is 0 Å². The van der Waals surface area contributed by atoms with Gasteiger partial charge in [-0.25, -0.2) is 0 Å². The van der Waals surface area contributed by atoms with Crippen molar-refractivity contribution in [1.82, 2.24) is 0 Å². The highest BCUT2D eigenvalue weighted by Crippen LogP contribution is 2.20. The Labute approximate surface area is 67.0 Å².